The number of aromatic nitrogens is 1. The molecular formula is C17H21N3O. The fraction of sp³-hybridized carbons (Fsp3) is 0.294. The summed E-state index contributed by atoms with van der Waals surface area (Å²) in [4.78, 5) is 15.6. The highest BCUT2D eigenvalue weighted by Crippen LogP contribution is 2.17. The lowest BCUT2D eigenvalue weighted by molar-refractivity contribution is 0.240. The van der Waals surface area contributed by atoms with Crippen LogP contribution in [0.1, 0.15) is 30.4 Å². The summed E-state index contributed by atoms with van der Waals surface area (Å²) in [5.74, 6) is 0.437. The molecule has 1 heterocycles. The number of carbonyl (C=O) groups is 1. The van der Waals surface area contributed by atoms with Crippen LogP contribution in [0.5, 0.6) is 0 Å². The van der Waals surface area contributed by atoms with Crippen LogP contribution in [-0.4, -0.2) is 17.6 Å². The predicted octanol–water partition coefficient (Wildman–Crippen LogP) is 3.07. The summed E-state index contributed by atoms with van der Waals surface area (Å²) in [5, 5.41) is 5.72. The SMILES string of the molecule is CC(CCNC(=O)NCc1ccncc1)c1ccccc1. The number of urea groups is 1. The third kappa shape index (κ3) is 5.26. The second-order valence-electron chi connectivity index (χ2n) is 5.07. The Balaban J connectivity index is 1.65. The number of amides is 2. The monoisotopic (exact) mass is 283 g/mol. The average Bonchev–Trinajstić information content (AvgIpc) is 2.54. The third-order valence-electron chi connectivity index (χ3n) is 3.43. The standard InChI is InChI=1S/C17H21N3O/c1-14(16-5-3-2-4-6-16)7-12-19-17(21)20-13-15-8-10-18-11-9-15/h2-6,8-11,14H,7,12-13H2,1H3,(H2,19,20,21). The fourth-order valence-electron chi connectivity index (χ4n) is 2.10. The maximum Gasteiger partial charge on any atom is 0.315 e. The molecule has 4 heteroatoms. The van der Waals surface area contributed by atoms with Gasteiger partial charge in [-0.15, -0.1) is 0 Å². The molecule has 1 atom stereocenters. The molecule has 2 amide bonds. The molecule has 21 heavy (non-hydrogen) atoms. The van der Waals surface area contributed by atoms with E-state index in [1.165, 1.54) is 5.56 Å². The summed E-state index contributed by atoms with van der Waals surface area (Å²) >= 11 is 0. The smallest absolute Gasteiger partial charge is 0.315 e. The summed E-state index contributed by atoms with van der Waals surface area (Å²) in [6.07, 6.45) is 4.36. The van der Waals surface area contributed by atoms with Crippen molar-refractivity contribution in [1.29, 1.82) is 0 Å². The van der Waals surface area contributed by atoms with E-state index in [-0.39, 0.29) is 6.03 Å². The van der Waals surface area contributed by atoms with Crippen molar-refractivity contribution in [1.82, 2.24) is 15.6 Å². The molecule has 2 aromatic rings. The van der Waals surface area contributed by atoms with Crippen molar-refractivity contribution in [3.8, 4) is 0 Å². The van der Waals surface area contributed by atoms with Gasteiger partial charge < -0.3 is 10.6 Å². The van der Waals surface area contributed by atoms with Gasteiger partial charge >= 0.3 is 6.03 Å². The van der Waals surface area contributed by atoms with Gasteiger partial charge in [0.05, 0.1) is 0 Å². The minimum atomic E-state index is -0.132. The molecule has 110 valence electrons. The van der Waals surface area contributed by atoms with Gasteiger partial charge in [0, 0.05) is 25.5 Å². The van der Waals surface area contributed by atoms with Gasteiger partial charge in [-0.2, -0.15) is 0 Å². The molecule has 0 aliphatic carbocycles. The van der Waals surface area contributed by atoms with Crippen LogP contribution >= 0.6 is 0 Å². The highest BCUT2D eigenvalue weighted by Gasteiger charge is 2.05. The van der Waals surface area contributed by atoms with Crippen LogP contribution in [0, 0.1) is 0 Å². The van der Waals surface area contributed by atoms with E-state index < -0.39 is 0 Å². The number of hydrogen-bond acceptors (Lipinski definition) is 2. The molecule has 2 N–H and O–H groups in total. The second-order valence-corrected chi connectivity index (χ2v) is 5.07. The minimum Gasteiger partial charge on any atom is -0.338 e. The number of pyridine rings is 1. The molecule has 0 saturated carbocycles. The van der Waals surface area contributed by atoms with Crippen LogP contribution in [0.4, 0.5) is 4.79 Å². The van der Waals surface area contributed by atoms with Crippen molar-refractivity contribution >= 4 is 6.03 Å². The topological polar surface area (TPSA) is 54.0 Å². The van der Waals surface area contributed by atoms with Crippen molar-refractivity contribution in [2.45, 2.75) is 25.8 Å². The summed E-state index contributed by atoms with van der Waals surface area (Å²) in [5.41, 5.74) is 2.34. The molecule has 0 radical (unpaired) electrons. The Morgan fingerprint density at radius 3 is 2.52 bits per heavy atom. The number of nitrogens with one attached hydrogen (secondary N) is 2. The summed E-state index contributed by atoms with van der Waals surface area (Å²) in [6, 6.07) is 14.0. The first kappa shape index (κ1) is 15.0. The lowest BCUT2D eigenvalue weighted by Crippen LogP contribution is -2.35. The highest BCUT2D eigenvalue weighted by molar-refractivity contribution is 5.73. The van der Waals surface area contributed by atoms with Gasteiger partial charge in [-0.1, -0.05) is 37.3 Å². The Bertz CT molecular complexity index is 542. The van der Waals surface area contributed by atoms with E-state index in [2.05, 4.69) is 34.7 Å². The first-order valence-electron chi connectivity index (χ1n) is 7.21. The van der Waals surface area contributed by atoms with Crippen molar-refractivity contribution in [2.75, 3.05) is 6.54 Å². The van der Waals surface area contributed by atoms with Crippen LogP contribution in [0.3, 0.4) is 0 Å². The normalized spacial score (nSPS) is 11.7. The van der Waals surface area contributed by atoms with Gasteiger partial charge in [-0.25, -0.2) is 4.79 Å². The molecule has 2 rings (SSSR count). The number of hydrogen-bond donors (Lipinski definition) is 2. The third-order valence-corrected chi connectivity index (χ3v) is 3.43. The van der Waals surface area contributed by atoms with Crippen molar-refractivity contribution in [3.63, 3.8) is 0 Å². The molecule has 1 aromatic heterocycles. The Morgan fingerprint density at radius 1 is 1.10 bits per heavy atom. The van der Waals surface area contributed by atoms with Crippen molar-refractivity contribution < 1.29 is 4.79 Å². The van der Waals surface area contributed by atoms with E-state index in [1.54, 1.807) is 12.4 Å². The lowest BCUT2D eigenvalue weighted by Gasteiger charge is -2.13. The fourth-order valence-corrected chi connectivity index (χ4v) is 2.10. The maximum absolute atomic E-state index is 11.7. The van der Waals surface area contributed by atoms with E-state index in [0.717, 1.165) is 12.0 Å². The predicted molar refractivity (Wildman–Crippen MR) is 83.9 cm³/mol. The molecule has 0 bridgehead atoms. The van der Waals surface area contributed by atoms with Crippen molar-refractivity contribution in [3.05, 3.63) is 66.0 Å². The largest absolute Gasteiger partial charge is 0.338 e. The molecule has 4 nitrogen and oxygen atoms in total. The summed E-state index contributed by atoms with van der Waals surface area (Å²) in [6.45, 7) is 3.35. The Morgan fingerprint density at radius 2 is 1.81 bits per heavy atom. The first-order valence-corrected chi connectivity index (χ1v) is 7.21. The van der Waals surface area contributed by atoms with Gasteiger partial charge in [0.15, 0.2) is 0 Å². The van der Waals surface area contributed by atoms with Crippen molar-refractivity contribution in [2.24, 2.45) is 0 Å². The summed E-state index contributed by atoms with van der Waals surface area (Å²) < 4.78 is 0. The first-order chi connectivity index (χ1) is 10.3. The minimum absolute atomic E-state index is 0.132. The van der Waals surface area contributed by atoms with Crippen LogP contribution in [0.15, 0.2) is 54.9 Å². The zero-order chi connectivity index (χ0) is 14.9. The van der Waals surface area contributed by atoms with Gasteiger partial charge in [0.1, 0.15) is 0 Å². The molecule has 0 aliphatic rings. The van der Waals surface area contributed by atoms with Crippen LogP contribution in [-0.2, 0) is 6.54 Å². The molecular weight excluding hydrogens is 262 g/mol. The summed E-state index contributed by atoms with van der Waals surface area (Å²) in [7, 11) is 0. The maximum atomic E-state index is 11.7. The molecule has 0 aliphatic heterocycles. The molecule has 1 aromatic carbocycles. The molecule has 0 saturated heterocycles. The van der Waals surface area contributed by atoms with E-state index in [4.69, 9.17) is 0 Å². The van der Waals surface area contributed by atoms with Crippen LogP contribution in [0.25, 0.3) is 0 Å². The second kappa shape index (κ2) is 8.04. The van der Waals surface area contributed by atoms with E-state index in [0.29, 0.717) is 19.0 Å². The quantitative estimate of drug-likeness (QED) is 0.856. The number of carbonyl (C=O) groups excluding carboxylic acids is 1. The Hall–Kier alpha value is -2.36. The lowest BCUT2D eigenvalue weighted by atomic mass is 9.98. The molecule has 0 fully saturated rings. The van der Waals surface area contributed by atoms with E-state index >= 15 is 0 Å². The van der Waals surface area contributed by atoms with Gasteiger partial charge in [-0.3, -0.25) is 4.98 Å². The molecule has 0 spiro atoms. The zero-order valence-electron chi connectivity index (χ0n) is 12.3. The van der Waals surface area contributed by atoms with Gasteiger partial charge in [0.25, 0.3) is 0 Å². The number of benzene rings is 1. The van der Waals surface area contributed by atoms with E-state index in [9.17, 15) is 4.79 Å². The number of rotatable bonds is 6. The average molecular weight is 283 g/mol. The number of nitrogens with zero attached hydrogens (tertiary/aromatic N) is 1. The zero-order valence-corrected chi connectivity index (χ0v) is 12.3. The Kier molecular flexibility index (Phi) is 5.76. The van der Waals surface area contributed by atoms with Gasteiger partial charge in [-0.05, 0) is 35.6 Å². The molecule has 1 unspecified atom stereocenters. The van der Waals surface area contributed by atoms with Crippen LogP contribution < -0.4 is 10.6 Å². The van der Waals surface area contributed by atoms with E-state index in [1.807, 2.05) is 30.3 Å². The highest BCUT2D eigenvalue weighted by atomic mass is 16.2. The van der Waals surface area contributed by atoms with Gasteiger partial charge in [0.2, 0.25) is 0 Å². The Labute approximate surface area is 125 Å². The van der Waals surface area contributed by atoms with Crippen LogP contribution in [0.2, 0.25) is 0 Å².